The summed E-state index contributed by atoms with van der Waals surface area (Å²) in [7, 11) is 1.47. The molecule has 0 bridgehead atoms. The van der Waals surface area contributed by atoms with Crippen molar-refractivity contribution >= 4 is 23.2 Å². The van der Waals surface area contributed by atoms with Crippen LogP contribution in [0.1, 0.15) is 79.0 Å². The smallest absolute Gasteiger partial charge is 0.425 e. The minimum Gasteiger partial charge on any atom is -0.497 e. The van der Waals surface area contributed by atoms with Gasteiger partial charge in [-0.05, 0) is 38.7 Å². The number of likely N-dealkylation sites (tertiary alicyclic amines) is 2. The molecule has 2 fully saturated rings. The summed E-state index contributed by atoms with van der Waals surface area (Å²) in [5, 5.41) is 15.9. The first-order chi connectivity index (χ1) is 25.1. The number of thiophene rings is 1. The largest absolute Gasteiger partial charge is 0.497 e. The summed E-state index contributed by atoms with van der Waals surface area (Å²) in [4.78, 5) is 34.7. The van der Waals surface area contributed by atoms with E-state index in [-0.39, 0.29) is 57.5 Å². The summed E-state index contributed by atoms with van der Waals surface area (Å²) in [6, 6.07) is 0.337. The second kappa shape index (κ2) is 15.7. The normalized spacial score (nSPS) is 21.2. The molecule has 2 atom stereocenters. The van der Waals surface area contributed by atoms with Crippen LogP contribution < -0.4 is 4.74 Å². The quantitative estimate of drug-likeness (QED) is 0.124. The van der Waals surface area contributed by atoms with Crippen molar-refractivity contribution in [2.75, 3.05) is 26.7 Å². The highest BCUT2D eigenvalue weighted by Gasteiger charge is 2.57. The topological polar surface area (TPSA) is 126 Å². The summed E-state index contributed by atoms with van der Waals surface area (Å²) in [5.41, 5.74) is -4.14. The summed E-state index contributed by atoms with van der Waals surface area (Å²) < 4.78 is 95.3. The molecule has 0 radical (unpaired) electrons. The van der Waals surface area contributed by atoms with Crippen LogP contribution in [0.2, 0.25) is 0 Å². The lowest BCUT2D eigenvalue weighted by Gasteiger charge is -2.51. The van der Waals surface area contributed by atoms with Gasteiger partial charge in [0.25, 0.3) is 11.8 Å². The molecular formula is C35H39F6N7O4S. The Morgan fingerprint density at radius 2 is 1.87 bits per heavy atom. The standard InChI is InChI=1S/C35H39F6N7O4S/c1-5-7-10-25(22(3)51-4)32(30-43-45-46-44-30)13-17-47(18-14-32)31(50)33(52-23-19-28(53-21-23)35(39,40)41)12-8-16-48(27(33)9-6-2)29(49)24-20-42-15-11-26(24)34(36,37)38/h5,7,10-11,15,19-21,27H,3,6,8-9,12-14,16-18H2,1-2,4H3,(H,43,44,45,46)/b7-5-,25-10+/t27-,33+/m1/s1. The highest BCUT2D eigenvalue weighted by molar-refractivity contribution is 7.10. The Bertz CT molecular complexity index is 1830. The van der Waals surface area contributed by atoms with E-state index in [0.29, 0.717) is 41.0 Å². The number of piperidine rings is 2. The monoisotopic (exact) mass is 767 g/mol. The first-order valence-corrected chi connectivity index (χ1v) is 17.8. The third-order valence-electron chi connectivity index (χ3n) is 9.75. The van der Waals surface area contributed by atoms with Crippen molar-refractivity contribution in [1.82, 2.24) is 35.4 Å². The van der Waals surface area contributed by atoms with E-state index in [9.17, 15) is 31.1 Å². The van der Waals surface area contributed by atoms with E-state index in [0.717, 1.165) is 23.8 Å². The Hall–Kier alpha value is -4.74. The number of allylic oxidation sites excluding steroid dienone is 4. The molecule has 53 heavy (non-hydrogen) atoms. The molecule has 0 aliphatic carbocycles. The summed E-state index contributed by atoms with van der Waals surface area (Å²) >= 11 is 0.384. The molecule has 1 N–H and O–H groups in total. The van der Waals surface area contributed by atoms with Crippen LogP contribution in [-0.4, -0.2) is 85.6 Å². The van der Waals surface area contributed by atoms with Gasteiger partial charge in [0.05, 0.1) is 29.7 Å². The third kappa shape index (κ3) is 7.82. The average Bonchev–Trinajstić information content (AvgIpc) is 3.85. The number of rotatable bonds is 11. The molecule has 286 valence electrons. The van der Waals surface area contributed by atoms with E-state index in [1.165, 1.54) is 16.9 Å². The molecule has 18 heteroatoms. The fourth-order valence-electron chi connectivity index (χ4n) is 7.26. The number of methoxy groups -OCH3 is 1. The van der Waals surface area contributed by atoms with Gasteiger partial charge in [0.1, 0.15) is 16.4 Å². The number of hydrogen-bond acceptors (Lipinski definition) is 9. The van der Waals surface area contributed by atoms with Crippen molar-refractivity contribution in [3.8, 4) is 5.75 Å². The van der Waals surface area contributed by atoms with Crippen molar-refractivity contribution in [1.29, 1.82) is 0 Å². The number of nitrogens with zero attached hydrogens (tertiary/aromatic N) is 6. The number of nitrogens with one attached hydrogen (secondary N) is 1. The van der Waals surface area contributed by atoms with Gasteiger partial charge < -0.3 is 19.3 Å². The van der Waals surface area contributed by atoms with E-state index in [1.54, 1.807) is 13.0 Å². The van der Waals surface area contributed by atoms with Crippen molar-refractivity contribution in [3.63, 3.8) is 0 Å². The Balaban J connectivity index is 1.58. The maximum Gasteiger partial charge on any atom is 0.425 e. The summed E-state index contributed by atoms with van der Waals surface area (Å²) in [6.07, 6.45) is -1.36. The van der Waals surface area contributed by atoms with Crippen LogP contribution in [0, 0.1) is 0 Å². The maximum atomic E-state index is 15.1. The SMILES string of the molecule is C=C(OC)/C(=C\C=C/C)C1(c2nn[nH]n2)CCN(C(=O)[C@]2(Oc3csc(C(F)(F)F)c3)CCCN(C(=O)c3cnccc3C(F)(F)F)[C@@H]2CCC)CC1. The van der Waals surface area contributed by atoms with Crippen LogP contribution in [0.15, 0.2) is 66.0 Å². The Morgan fingerprint density at radius 3 is 2.45 bits per heavy atom. The van der Waals surface area contributed by atoms with Gasteiger partial charge in [-0.25, -0.2) is 0 Å². The Labute approximate surface area is 305 Å². The predicted octanol–water partition coefficient (Wildman–Crippen LogP) is 7.14. The molecular weight excluding hydrogens is 728 g/mol. The molecule has 5 rings (SSSR count). The molecule has 3 aromatic heterocycles. The van der Waals surface area contributed by atoms with Crippen LogP contribution in [0.5, 0.6) is 5.75 Å². The van der Waals surface area contributed by atoms with Gasteiger partial charge in [-0.3, -0.25) is 14.6 Å². The Morgan fingerprint density at radius 1 is 1.13 bits per heavy atom. The predicted molar refractivity (Wildman–Crippen MR) is 182 cm³/mol. The van der Waals surface area contributed by atoms with Gasteiger partial charge in [-0.1, -0.05) is 43.4 Å². The highest BCUT2D eigenvalue weighted by Crippen LogP contribution is 2.46. The number of tetrazole rings is 1. The van der Waals surface area contributed by atoms with E-state index >= 15 is 4.79 Å². The van der Waals surface area contributed by atoms with Crippen LogP contribution in [0.3, 0.4) is 0 Å². The zero-order valence-electron chi connectivity index (χ0n) is 29.3. The summed E-state index contributed by atoms with van der Waals surface area (Å²) in [6.45, 7) is 7.79. The molecule has 0 aromatic carbocycles. The van der Waals surface area contributed by atoms with Gasteiger partial charge in [0.2, 0.25) is 5.60 Å². The lowest BCUT2D eigenvalue weighted by molar-refractivity contribution is -0.161. The second-order valence-electron chi connectivity index (χ2n) is 12.8. The molecule has 5 heterocycles. The zero-order chi connectivity index (χ0) is 38.6. The number of carbonyl (C=O) groups excluding carboxylic acids is 2. The number of ether oxygens (including phenoxy) is 2. The second-order valence-corrected chi connectivity index (χ2v) is 13.7. The molecule has 2 aliphatic rings. The van der Waals surface area contributed by atoms with Crippen LogP contribution >= 0.6 is 11.3 Å². The average molecular weight is 768 g/mol. The number of aromatic amines is 1. The number of hydrogen-bond donors (Lipinski definition) is 1. The fourth-order valence-corrected chi connectivity index (χ4v) is 7.94. The number of H-pyrrole nitrogens is 1. The zero-order valence-corrected chi connectivity index (χ0v) is 30.1. The van der Waals surface area contributed by atoms with E-state index in [1.807, 2.05) is 19.1 Å². The number of halogens is 6. The van der Waals surface area contributed by atoms with Crippen LogP contribution in [0.4, 0.5) is 26.3 Å². The van der Waals surface area contributed by atoms with E-state index in [4.69, 9.17) is 9.47 Å². The van der Waals surface area contributed by atoms with Gasteiger partial charge >= 0.3 is 12.4 Å². The van der Waals surface area contributed by atoms with Crippen molar-refractivity contribution < 1.29 is 45.4 Å². The maximum absolute atomic E-state index is 15.1. The highest BCUT2D eigenvalue weighted by atomic mass is 32.1. The molecule has 0 spiro atoms. The number of carbonyl (C=O) groups is 2. The third-order valence-corrected chi connectivity index (χ3v) is 10.7. The van der Waals surface area contributed by atoms with Crippen LogP contribution in [0.25, 0.3) is 0 Å². The molecule has 2 amide bonds. The molecule has 2 saturated heterocycles. The molecule has 0 unspecified atom stereocenters. The first kappa shape index (κ1) is 39.5. The van der Waals surface area contributed by atoms with Crippen molar-refractivity contribution in [2.45, 2.75) is 81.8 Å². The van der Waals surface area contributed by atoms with Gasteiger partial charge in [0.15, 0.2) is 5.82 Å². The lowest BCUT2D eigenvalue weighted by atomic mass is 9.70. The van der Waals surface area contributed by atoms with Crippen molar-refractivity contribution in [2.24, 2.45) is 0 Å². The van der Waals surface area contributed by atoms with Gasteiger partial charge in [-0.15, -0.1) is 21.5 Å². The Kier molecular flexibility index (Phi) is 11.7. The minimum absolute atomic E-state index is 0.0178. The minimum atomic E-state index is -4.88. The van der Waals surface area contributed by atoms with E-state index in [2.05, 4.69) is 32.2 Å². The molecule has 0 saturated carbocycles. The number of aromatic nitrogens is 5. The van der Waals surface area contributed by atoms with Gasteiger partial charge in [-0.2, -0.15) is 31.6 Å². The van der Waals surface area contributed by atoms with E-state index < -0.39 is 57.2 Å². The summed E-state index contributed by atoms with van der Waals surface area (Å²) in [5.74, 6) is -1.20. The fraction of sp³-hybridized carbons (Fsp3) is 0.486. The lowest BCUT2D eigenvalue weighted by Crippen LogP contribution is -2.68. The molecule has 11 nitrogen and oxygen atoms in total. The number of alkyl halides is 6. The number of amides is 2. The van der Waals surface area contributed by atoms with Crippen LogP contribution in [-0.2, 0) is 27.3 Å². The number of pyridine rings is 1. The molecule has 3 aromatic rings. The van der Waals surface area contributed by atoms with Gasteiger partial charge in [0, 0.05) is 55.5 Å². The molecule has 2 aliphatic heterocycles. The first-order valence-electron chi connectivity index (χ1n) is 16.9. The van der Waals surface area contributed by atoms with Crippen molar-refractivity contribution in [3.05, 3.63) is 87.9 Å².